The Balaban J connectivity index is 1.94. The average molecular weight is 246 g/mol. The Hall–Kier alpha value is -1.24. The SMILES string of the molecule is C=CCCCCCCCCCc1cccc(O)c1. The van der Waals surface area contributed by atoms with Crippen molar-refractivity contribution in [1.29, 1.82) is 0 Å². The summed E-state index contributed by atoms with van der Waals surface area (Å²) in [5.41, 5.74) is 1.25. The summed E-state index contributed by atoms with van der Waals surface area (Å²) >= 11 is 0. The average Bonchev–Trinajstić information content (AvgIpc) is 2.37. The summed E-state index contributed by atoms with van der Waals surface area (Å²) in [5.74, 6) is 0.384. The molecule has 1 heteroatoms. The molecule has 0 amide bonds. The molecule has 0 bridgehead atoms. The van der Waals surface area contributed by atoms with E-state index in [0.29, 0.717) is 5.75 Å². The van der Waals surface area contributed by atoms with Crippen LogP contribution < -0.4 is 0 Å². The van der Waals surface area contributed by atoms with Gasteiger partial charge in [-0.2, -0.15) is 0 Å². The van der Waals surface area contributed by atoms with Gasteiger partial charge in [-0.15, -0.1) is 6.58 Å². The molecule has 18 heavy (non-hydrogen) atoms. The van der Waals surface area contributed by atoms with Crippen molar-refractivity contribution in [2.45, 2.75) is 57.8 Å². The molecule has 0 aliphatic carbocycles. The second kappa shape index (κ2) is 9.76. The predicted octanol–water partition coefficient (Wildman–Crippen LogP) is 5.24. The van der Waals surface area contributed by atoms with Gasteiger partial charge in [0, 0.05) is 0 Å². The van der Waals surface area contributed by atoms with Crippen molar-refractivity contribution in [2.24, 2.45) is 0 Å². The zero-order valence-corrected chi connectivity index (χ0v) is 11.4. The Labute approximate surface area is 112 Å². The molecule has 0 aliphatic rings. The molecule has 1 N–H and O–H groups in total. The summed E-state index contributed by atoms with van der Waals surface area (Å²) in [4.78, 5) is 0. The maximum absolute atomic E-state index is 9.35. The summed E-state index contributed by atoms with van der Waals surface area (Å²) in [6, 6.07) is 7.61. The Bertz CT molecular complexity index is 330. The Kier molecular flexibility index (Phi) is 8.03. The second-order valence-corrected chi connectivity index (χ2v) is 4.97. The monoisotopic (exact) mass is 246 g/mol. The minimum atomic E-state index is 0.384. The van der Waals surface area contributed by atoms with Crippen LogP contribution in [-0.2, 0) is 6.42 Å². The van der Waals surface area contributed by atoms with Gasteiger partial charge in [0.05, 0.1) is 0 Å². The number of phenolic OH excluding ortho intramolecular Hbond substituents is 1. The van der Waals surface area contributed by atoms with E-state index >= 15 is 0 Å². The molecule has 1 aromatic carbocycles. The van der Waals surface area contributed by atoms with Crippen LogP contribution in [0.25, 0.3) is 0 Å². The fourth-order valence-electron chi connectivity index (χ4n) is 2.21. The zero-order chi connectivity index (χ0) is 13.1. The fraction of sp³-hybridized carbons (Fsp3) is 0.529. The summed E-state index contributed by atoms with van der Waals surface area (Å²) in [5, 5.41) is 9.35. The van der Waals surface area contributed by atoms with E-state index in [0.717, 1.165) is 12.8 Å². The highest BCUT2D eigenvalue weighted by molar-refractivity contribution is 5.27. The first kappa shape index (κ1) is 14.8. The highest BCUT2D eigenvalue weighted by Gasteiger charge is 1.95. The van der Waals surface area contributed by atoms with Crippen molar-refractivity contribution in [3.05, 3.63) is 42.5 Å². The van der Waals surface area contributed by atoms with E-state index in [1.807, 2.05) is 18.2 Å². The second-order valence-electron chi connectivity index (χ2n) is 4.97. The molecule has 0 saturated carbocycles. The number of rotatable bonds is 10. The van der Waals surface area contributed by atoms with Gasteiger partial charge in [-0.1, -0.05) is 50.3 Å². The van der Waals surface area contributed by atoms with Gasteiger partial charge in [-0.25, -0.2) is 0 Å². The smallest absolute Gasteiger partial charge is 0.115 e. The molecular formula is C17H26O. The number of unbranched alkanes of at least 4 members (excludes halogenated alkanes) is 7. The third-order valence-corrected chi connectivity index (χ3v) is 3.28. The van der Waals surface area contributed by atoms with Gasteiger partial charge in [0.25, 0.3) is 0 Å². The van der Waals surface area contributed by atoms with Gasteiger partial charge in [-0.3, -0.25) is 0 Å². The van der Waals surface area contributed by atoms with Crippen molar-refractivity contribution >= 4 is 0 Å². The van der Waals surface area contributed by atoms with Gasteiger partial charge in [0.15, 0.2) is 0 Å². The van der Waals surface area contributed by atoms with Crippen LogP contribution in [0.4, 0.5) is 0 Å². The van der Waals surface area contributed by atoms with E-state index < -0.39 is 0 Å². The molecule has 0 radical (unpaired) electrons. The Morgan fingerprint density at radius 1 is 0.944 bits per heavy atom. The highest BCUT2D eigenvalue weighted by Crippen LogP contribution is 2.15. The standard InChI is InChI=1S/C17H26O/c1-2-3-4-5-6-7-8-9-10-12-16-13-11-14-17(18)15-16/h2,11,13-15,18H,1,3-10,12H2. The molecule has 0 aliphatic heterocycles. The van der Waals surface area contributed by atoms with E-state index in [9.17, 15) is 5.11 Å². The molecule has 0 aromatic heterocycles. The van der Waals surface area contributed by atoms with E-state index in [4.69, 9.17) is 0 Å². The van der Waals surface area contributed by atoms with Crippen molar-refractivity contribution in [3.8, 4) is 5.75 Å². The Morgan fingerprint density at radius 3 is 2.28 bits per heavy atom. The first-order valence-corrected chi connectivity index (χ1v) is 7.22. The highest BCUT2D eigenvalue weighted by atomic mass is 16.3. The molecule has 1 nitrogen and oxygen atoms in total. The molecule has 1 aromatic rings. The fourth-order valence-corrected chi connectivity index (χ4v) is 2.21. The summed E-state index contributed by atoms with van der Waals surface area (Å²) in [7, 11) is 0. The Morgan fingerprint density at radius 2 is 1.61 bits per heavy atom. The van der Waals surface area contributed by atoms with Crippen LogP contribution in [0.15, 0.2) is 36.9 Å². The molecule has 0 heterocycles. The lowest BCUT2D eigenvalue weighted by Gasteiger charge is -2.03. The number of benzene rings is 1. The van der Waals surface area contributed by atoms with Crippen molar-refractivity contribution < 1.29 is 5.11 Å². The van der Waals surface area contributed by atoms with Crippen LogP contribution in [0.5, 0.6) is 5.75 Å². The summed E-state index contributed by atoms with van der Waals surface area (Å²) in [6.07, 6.45) is 13.5. The van der Waals surface area contributed by atoms with Gasteiger partial charge >= 0.3 is 0 Å². The van der Waals surface area contributed by atoms with Crippen molar-refractivity contribution in [1.82, 2.24) is 0 Å². The van der Waals surface area contributed by atoms with E-state index in [2.05, 4.69) is 12.6 Å². The molecule has 0 saturated heterocycles. The lowest BCUT2D eigenvalue weighted by Crippen LogP contribution is -1.86. The third kappa shape index (κ3) is 7.16. The van der Waals surface area contributed by atoms with Crippen LogP contribution in [0, 0.1) is 0 Å². The number of hydrogen-bond acceptors (Lipinski definition) is 1. The lowest BCUT2D eigenvalue weighted by atomic mass is 10.0. The third-order valence-electron chi connectivity index (χ3n) is 3.28. The van der Waals surface area contributed by atoms with E-state index in [1.165, 1.54) is 50.5 Å². The molecule has 100 valence electrons. The van der Waals surface area contributed by atoms with Gasteiger partial charge in [-0.05, 0) is 43.4 Å². The van der Waals surface area contributed by atoms with Crippen molar-refractivity contribution in [3.63, 3.8) is 0 Å². The molecule has 0 spiro atoms. The van der Waals surface area contributed by atoms with Gasteiger partial charge in [0.2, 0.25) is 0 Å². The number of phenols is 1. The normalized spacial score (nSPS) is 10.4. The van der Waals surface area contributed by atoms with E-state index in [1.54, 1.807) is 6.07 Å². The topological polar surface area (TPSA) is 20.2 Å². The largest absolute Gasteiger partial charge is 0.508 e. The predicted molar refractivity (Wildman–Crippen MR) is 78.9 cm³/mol. The quantitative estimate of drug-likeness (QED) is 0.442. The maximum atomic E-state index is 9.35. The van der Waals surface area contributed by atoms with Crippen molar-refractivity contribution in [2.75, 3.05) is 0 Å². The van der Waals surface area contributed by atoms with Crippen LogP contribution in [0.3, 0.4) is 0 Å². The lowest BCUT2D eigenvalue weighted by molar-refractivity contribution is 0.474. The maximum Gasteiger partial charge on any atom is 0.115 e. The first-order chi connectivity index (χ1) is 8.83. The van der Waals surface area contributed by atoms with Crippen LogP contribution in [0.1, 0.15) is 56.9 Å². The minimum absolute atomic E-state index is 0.384. The first-order valence-electron chi connectivity index (χ1n) is 7.22. The van der Waals surface area contributed by atoms with Gasteiger partial charge < -0.3 is 5.11 Å². The number of allylic oxidation sites excluding steroid dienone is 1. The molecule has 1 rings (SSSR count). The minimum Gasteiger partial charge on any atom is -0.508 e. The van der Waals surface area contributed by atoms with Crippen LogP contribution >= 0.6 is 0 Å². The summed E-state index contributed by atoms with van der Waals surface area (Å²) in [6.45, 7) is 3.74. The van der Waals surface area contributed by atoms with Gasteiger partial charge in [0.1, 0.15) is 5.75 Å². The number of aryl methyl sites for hydroxylation is 1. The van der Waals surface area contributed by atoms with E-state index in [-0.39, 0.29) is 0 Å². The number of aromatic hydroxyl groups is 1. The zero-order valence-electron chi connectivity index (χ0n) is 11.4. The molecule has 0 atom stereocenters. The molecule has 0 fully saturated rings. The van der Waals surface area contributed by atoms with Crippen LogP contribution in [-0.4, -0.2) is 5.11 Å². The molecule has 0 unspecified atom stereocenters. The molecular weight excluding hydrogens is 220 g/mol. The summed E-state index contributed by atoms with van der Waals surface area (Å²) < 4.78 is 0. The van der Waals surface area contributed by atoms with Crippen LogP contribution in [0.2, 0.25) is 0 Å². The number of hydrogen-bond donors (Lipinski definition) is 1.